The molecule has 0 aromatic heterocycles. The van der Waals surface area contributed by atoms with E-state index in [0.29, 0.717) is 0 Å². The summed E-state index contributed by atoms with van der Waals surface area (Å²) in [5.41, 5.74) is 0. The molecule has 0 amide bonds. The second kappa shape index (κ2) is 2.76. The number of hydrogen-bond donors (Lipinski definition) is 1. The molecule has 0 aromatic rings. The van der Waals surface area contributed by atoms with Gasteiger partial charge in [0.2, 0.25) is 0 Å². The van der Waals surface area contributed by atoms with Gasteiger partial charge in [-0.3, -0.25) is 4.79 Å². The molecule has 1 N–H and O–H groups in total. The Morgan fingerprint density at radius 1 is 1.75 bits per heavy atom. The van der Waals surface area contributed by atoms with E-state index in [0.717, 1.165) is 13.0 Å². The standard InChI is InChI=1S/C8H10N2O2/c9-3-1-5-7-6(2-4-10-7)12-8(5)11/h5-7,10H,1-2,4H2. The third-order valence-electron chi connectivity index (χ3n) is 2.52. The molecule has 3 atom stereocenters. The van der Waals surface area contributed by atoms with Gasteiger partial charge in [-0.2, -0.15) is 5.26 Å². The summed E-state index contributed by atoms with van der Waals surface area (Å²) in [5.74, 6) is -0.443. The number of esters is 1. The summed E-state index contributed by atoms with van der Waals surface area (Å²) in [6, 6.07) is 2.11. The van der Waals surface area contributed by atoms with Gasteiger partial charge in [0.1, 0.15) is 6.10 Å². The predicted molar refractivity (Wildman–Crippen MR) is 40.0 cm³/mol. The zero-order valence-electron chi connectivity index (χ0n) is 6.62. The van der Waals surface area contributed by atoms with Gasteiger partial charge in [-0.05, 0) is 13.0 Å². The van der Waals surface area contributed by atoms with E-state index in [-0.39, 0.29) is 30.5 Å². The molecular formula is C8H10N2O2. The fraction of sp³-hybridized carbons (Fsp3) is 0.750. The van der Waals surface area contributed by atoms with Crippen LogP contribution in [0.15, 0.2) is 0 Å². The van der Waals surface area contributed by atoms with E-state index in [4.69, 9.17) is 10.00 Å². The van der Waals surface area contributed by atoms with Crippen molar-refractivity contribution in [1.82, 2.24) is 5.32 Å². The first kappa shape index (κ1) is 7.56. The zero-order chi connectivity index (χ0) is 8.55. The summed E-state index contributed by atoms with van der Waals surface area (Å²) in [6.45, 7) is 0.893. The average Bonchev–Trinajstić information content (AvgIpc) is 2.56. The van der Waals surface area contributed by atoms with Crippen molar-refractivity contribution < 1.29 is 9.53 Å². The van der Waals surface area contributed by atoms with Gasteiger partial charge in [0, 0.05) is 0 Å². The lowest BCUT2D eigenvalue weighted by atomic mass is 9.97. The second-order valence-electron chi connectivity index (χ2n) is 3.21. The number of carbonyl (C=O) groups excluding carboxylic acids is 1. The number of nitrogens with zero attached hydrogens (tertiary/aromatic N) is 1. The molecule has 2 aliphatic heterocycles. The van der Waals surface area contributed by atoms with Gasteiger partial charge in [-0.15, -0.1) is 0 Å². The lowest BCUT2D eigenvalue weighted by Gasteiger charge is -2.09. The first-order valence-corrected chi connectivity index (χ1v) is 4.14. The highest BCUT2D eigenvalue weighted by molar-refractivity contribution is 5.76. The number of hydrogen-bond acceptors (Lipinski definition) is 4. The van der Waals surface area contributed by atoms with Crippen LogP contribution < -0.4 is 5.32 Å². The molecule has 2 rings (SSSR count). The first-order chi connectivity index (χ1) is 5.83. The van der Waals surface area contributed by atoms with Gasteiger partial charge in [0.05, 0.1) is 24.4 Å². The summed E-state index contributed by atoms with van der Waals surface area (Å²) < 4.78 is 5.10. The quantitative estimate of drug-likeness (QED) is 0.548. The predicted octanol–water partition coefficient (Wildman–Crippen LogP) is -0.196. The topological polar surface area (TPSA) is 62.1 Å². The van der Waals surface area contributed by atoms with Crippen molar-refractivity contribution in [2.75, 3.05) is 6.54 Å². The Morgan fingerprint density at radius 2 is 2.58 bits per heavy atom. The number of carbonyl (C=O) groups is 1. The Morgan fingerprint density at radius 3 is 3.33 bits per heavy atom. The number of nitrogens with one attached hydrogen (secondary N) is 1. The van der Waals surface area contributed by atoms with Gasteiger partial charge in [-0.25, -0.2) is 0 Å². The van der Waals surface area contributed by atoms with Crippen LogP contribution >= 0.6 is 0 Å². The largest absolute Gasteiger partial charge is 0.460 e. The lowest BCUT2D eigenvalue weighted by molar-refractivity contribution is -0.144. The van der Waals surface area contributed by atoms with Crippen molar-refractivity contribution in [3.05, 3.63) is 0 Å². The van der Waals surface area contributed by atoms with Crippen LogP contribution in [0.3, 0.4) is 0 Å². The molecule has 4 nitrogen and oxygen atoms in total. The minimum atomic E-state index is -0.234. The van der Waals surface area contributed by atoms with Crippen LogP contribution in [-0.4, -0.2) is 24.7 Å². The van der Waals surface area contributed by atoms with Gasteiger partial charge in [0.15, 0.2) is 0 Å². The Kier molecular flexibility index (Phi) is 1.74. The molecule has 12 heavy (non-hydrogen) atoms. The zero-order valence-corrected chi connectivity index (χ0v) is 6.62. The van der Waals surface area contributed by atoms with E-state index in [1.165, 1.54) is 0 Å². The number of ether oxygens (including phenoxy) is 1. The van der Waals surface area contributed by atoms with Crippen molar-refractivity contribution in [3.63, 3.8) is 0 Å². The summed E-state index contributed by atoms with van der Waals surface area (Å²) in [4.78, 5) is 11.2. The minimum Gasteiger partial charge on any atom is -0.460 e. The first-order valence-electron chi connectivity index (χ1n) is 4.14. The van der Waals surface area contributed by atoms with Crippen LogP contribution in [0, 0.1) is 17.2 Å². The maximum atomic E-state index is 11.2. The van der Waals surface area contributed by atoms with E-state index < -0.39 is 0 Å². The highest BCUT2D eigenvalue weighted by Gasteiger charge is 2.46. The smallest absolute Gasteiger partial charge is 0.312 e. The third kappa shape index (κ3) is 0.978. The summed E-state index contributed by atoms with van der Waals surface area (Å²) >= 11 is 0. The molecule has 2 fully saturated rings. The van der Waals surface area contributed by atoms with Crippen LogP contribution in [0.1, 0.15) is 12.8 Å². The molecule has 2 heterocycles. The fourth-order valence-corrected chi connectivity index (χ4v) is 1.93. The van der Waals surface area contributed by atoms with E-state index in [9.17, 15) is 4.79 Å². The highest BCUT2D eigenvalue weighted by Crippen LogP contribution is 2.29. The molecule has 4 heteroatoms. The van der Waals surface area contributed by atoms with Crippen molar-refractivity contribution in [1.29, 1.82) is 5.26 Å². The number of nitriles is 1. The SMILES string of the molecule is N#CCC1C(=O)OC2CCNC21. The van der Waals surface area contributed by atoms with E-state index in [1.54, 1.807) is 0 Å². The Balaban J connectivity index is 2.11. The summed E-state index contributed by atoms with van der Waals surface area (Å²) in [6.07, 6.45) is 1.18. The Labute approximate surface area is 70.5 Å². The van der Waals surface area contributed by atoms with Crippen molar-refractivity contribution in [3.8, 4) is 6.07 Å². The second-order valence-corrected chi connectivity index (χ2v) is 3.21. The molecule has 0 aliphatic carbocycles. The molecule has 0 spiro atoms. The molecule has 0 saturated carbocycles. The number of fused-ring (bicyclic) bond motifs is 1. The van der Waals surface area contributed by atoms with E-state index in [2.05, 4.69) is 5.32 Å². The highest BCUT2D eigenvalue weighted by atomic mass is 16.6. The molecular weight excluding hydrogens is 156 g/mol. The summed E-state index contributed by atoms with van der Waals surface area (Å²) in [7, 11) is 0. The van der Waals surface area contributed by atoms with Crippen molar-refractivity contribution in [2.24, 2.45) is 5.92 Å². The van der Waals surface area contributed by atoms with Crippen LogP contribution in [0.2, 0.25) is 0 Å². The molecule has 2 aliphatic rings. The van der Waals surface area contributed by atoms with Gasteiger partial charge in [0.25, 0.3) is 0 Å². The maximum Gasteiger partial charge on any atom is 0.312 e. The molecule has 0 aromatic carbocycles. The van der Waals surface area contributed by atoms with Crippen molar-refractivity contribution >= 4 is 5.97 Å². The molecule has 0 radical (unpaired) electrons. The minimum absolute atomic E-state index is 0.0239. The fourth-order valence-electron chi connectivity index (χ4n) is 1.93. The van der Waals surface area contributed by atoms with Crippen LogP contribution in [-0.2, 0) is 9.53 Å². The molecule has 2 saturated heterocycles. The van der Waals surface area contributed by atoms with Crippen LogP contribution in [0.5, 0.6) is 0 Å². The van der Waals surface area contributed by atoms with E-state index >= 15 is 0 Å². The molecule has 3 unspecified atom stereocenters. The average molecular weight is 166 g/mol. The monoisotopic (exact) mass is 166 g/mol. The van der Waals surface area contributed by atoms with Crippen LogP contribution in [0.4, 0.5) is 0 Å². The van der Waals surface area contributed by atoms with Crippen molar-refractivity contribution in [2.45, 2.75) is 25.0 Å². The molecule has 64 valence electrons. The van der Waals surface area contributed by atoms with Gasteiger partial charge in [-0.1, -0.05) is 0 Å². The normalized spacial score (nSPS) is 38.9. The lowest BCUT2D eigenvalue weighted by Crippen LogP contribution is -2.33. The van der Waals surface area contributed by atoms with Gasteiger partial charge >= 0.3 is 5.97 Å². The van der Waals surface area contributed by atoms with E-state index in [1.807, 2.05) is 6.07 Å². The Bertz CT molecular complexity index is 246. The van der Waals surface area contributed by atoms with Crippen LogP contribution in [0.25, 0.3) is 0 Å². The molecule has 0 bridgehead atoms. The Hall–Kier alpha value is -1.08. The third-order valence-corrected chi connectivity index (χ3v) is 2.52. The summed E-state index contributed by atoms with van der Waals surface area (Å²) in [5, 5.41) is 11.7. The number of rotatable bonds is 1. The van der Waals surface area contributed by atoms with Gasteiger partial charge < -0.3 is 10.1 Å². The maximum absolute atomic E-state index is 11.2.